The van der Waals surface area contributed by atoms with Crippen LogP contribution in [-0.4, -0.2) is 22.5 Å². The van der Waals surface area contributed by atoms with Crippen molar-refractivity contribution in [3.05, 3.63) is 70.3 Å². The van der Waals surface area contributed by atoms with Crippen LogP contribution in [0.15, 0.2) is 42.5 Å². The Labute approximate surface area is 169 Å². The van der Waals surface area contributed by atoms with Gasteiger partial charge in [-0.2, -0.15) is 13.2 Å². The number of aliphatic carboxylic acids is 1. The van der Waals surface area contributed by atoms with E-state index in [1.807, 2.05) is 6.92 Å². The van der Waals surface area contributed by atoms with Crippen LogP contribution in [0.3, 0.4) is 0 Å². The largest absolute Gasteiger partial charge is 0.481 e. The minimum Gasteiger partial charge on any atom is -0.481 e. The van der Waals surface area contributed by atoms with Crippen LogP contribution in [0.5, 0.6) is 0 Å². The second-order valence-corrected chi connectivity index (χ2v) is 8.02. The van der Waals surface area contributed by atoms with Gasteiger partial charge in [-0.3, -0.25) is 9.69 Å². The summed E-state index contributed by atoms with van der Waals surface area (Å²) in [5.41, 5.74) is 3.67. The van der Waals surface area contributed by atoms with E-state index in [4.69, 9.17) is 0 Å². The summed E-state index contributed by atoms with van der Waals surface area (Å²) in [5, 5.41) is 9.18. The molecule has 2 atom stereocenters. The number of carbonyl (C=O) groups is 1. The Kier molecular flexibility index (Phi) is 6.32. The Morgan fingerprint density at radius 2 is 1.83 bits per heavy atom. The zero-order chi connectivity index (χ0) is 21.2. The number of nitrogens with zero attached hydrogens (tertiary/aromatic N) is 1. The Bertz CT molecular complexity index is 861. The summed E-state index contributed by atoms with van der Waals surface area (Å²) in [5.74, 6) is -0.807. The number of piperidine rings is 1. The quantitative estimate of drug-likeness (QED) is 0.689. The topological polar surface area (TPSA) is 40.5 Å². The number of likely N-dealkylation sites (tertiary alicyclic amines) is 1. The van der Waals surface area contributed by atoms with Gasteiger partial charge in [0.2, 0.25) is 0 Å². The molecule has 1 N–H and O–H groups in total. The maximum atomic E-state index is 12.9. The van der Waals surface area contributed by atoms with E-state index in [0.29, 0.717) is 13.0 Å². The van der Waals surface area contributed by atoms with Gasteiger partial charge in [0.1, 0.15) is 0 Å². The molecule has 1 fully saturated rings. The first kappa shape index (κ1) is 21.4. The predicted octanol–water partition coefficient (Wildman–Crippen LogP) is 5.75. The summed E-state index contributed by atoms with van der Waals surface area (Å²) in [4.78, 5) is 13.4. The molecule has 1 aliphatic rings. The van der Waals surface area contributed by atoms with E-state index in [-0.39, 0.29) is 18.4 Å². The fourth-order valence-corrected chi connectivity index (χ4v) is 4.14. The molecule has 0 saturated carbocycles. The van der Waals surface area contributed by atoms with Crippen molar-refractivity contribution in [1.82, 2.24) is 4.90 Å². The van der Waals surface area contributed by atoms with Crippen LogP contribution in [0.25, 0.3) is 0 Å². The molecule has 6 heteroatoms. The van der Waals surface area contributed by atoms with Gasteiger partial charge in [0.25, 0.3) is 0 Å². The number of halogens is 3. The lowest BCUT2D eigenvalue weighted by Gasteiger charge is -2.40. The van der Waals surface area contributed by atoms with Crippen LogP contribution < -0.4 is 0 Å². The van der Waals surface area contributed by atoms with E-state index in [9.17, 15) is 23.1 Å². The molecule has 0 radical (unpaired) electrons. The Morgan fingerprint density at radius 3 is 2.45 bits per heavy atom. The maximum absolute atomic E-state index is 12.9. The lowest BCUT2D eigenvalue weighted by atomic mass is 9.84. The van der Waals surface area contributed by atoms with Gasteiger partial charge in [0.05, 0.1) is 5.56 Å². The Morgan fingerprint density at radius 1 is 1.14 bits per heavy atom. The maximum Gasteiger partial charge on any atom is 0.416 e. The lowest BCUT2D eigenvalue weighted by Crippen LogP contribution is -2.37. The first-order chi connectivity index (χ1) is 13.6. The number of rotatable bonds is 5. The van der Waals surface area contributed by atoms with Crippen LogP contribution in [0.4, 0.5) is 13.2 Å². The molecule has 2 aromatic carbocycles. The second-order valence-electron chi connectivity index (χ2n) is 8.02. The van der Waals surface area contributed by atoms with E-state index in [1.54, 1.807) is 0 Å². The standard InChI is InChI=1S/C23H26F3NO2/c1-15-3-4-16(2)19(11-15)14-27-10-9-17(13-22(28)29)12-21(27)18-5-7-20(8-6-18)23(24,25)26/h3-8,11,17,21H,9-10,12-14H2,1-2H3,(H,28,29)/t17-,21+/m1/s1. The molecule has 3 nitrogen and oxygen atoms in total. The highest BCUT2D eigenvalue weighted by Gasteiger charge is 2.33. The molecule has 1 saturated heterocycles. The first-order valence-corrected chi connectivity index (χ1v) is 9.82. The van der Waals surface area contributed by atoms with Crippen molar-refractivity contribution >= 4 is 5.97 Å². The number of benzene rings is 2. The van der Waals surface area contributed by atoms with Gasteiger partial charge < -0.3 is 5.11 Å². The molecule has 29 heavy (non-hydrogen) atoms. The lowest BCUT2D eigenvalue weighted by molar-refractivity contribution is -0.139. The normalized spacial score (nSPS) is 20.6. The molecule has 3 rings (SSSR count). The highest BCUT2D eigenvalue weighted by Crippen LogP contribution is 2.38. The third-order valence-electron chi connectivity index (χ3n) is 5.79. The molecular weight excluding hydrogens is 379 g/mol. The van der Waals surface area contributed by atoms with Crippen LogP contribution in [0, 0.1) is 19.8 Å². The monoisotopic (exact) mass is 405 g/mol. The summed E-state index contributed by atoms with van der Waals surface area (Å²) in [6, 6.07) is 11.5. The second kappa shape index (κ2) is 8.57. The first-order valence-electron chi connectivity index (χ1n) is 9.82. The number of aryl methyl sites for hydroxylation is 2. The zero-order valence-electron chi connectivity index (χ0n) is 16.7. The molecule has 1 aliphatic heterocycles. The minimum absolute atomic E-state index is 0.0228. The molecule has 0 aromatic heterocycles. The number of carboxylic acid groups (broad SMARTS) is 1. The van der Waals surface area contributed by atoms with Crippen molar-refractivity contribution in [3.63, 3.8) is 0 Å². The SMILES string of the molecule is Cc1ccc(C)c(CN2CC[C@@H](CC(=O)O)C[C@H]2c2ccc(C(F)(F)F)cc2)c1. The smallest absolute Gasteiger partial charge is 0.416 e. The summed E-state index contributed by atoms with van der Waals surface area (Å²) in [6.07, 6.45) is -2.87. The van der Waals surface area contributed by atoms with Gasteiger partial charge >= 0.3 is 12.1 Å². The zero-order valence-corrected chi connectivity index (χ0v) is 16.7. The third-order valence-corrected chi connectivity index (χ3v) is 5.79. The summed E-state index contributed by atoms with van der Waals surface area (Å²) in [7, 11) is 0. The van der Waals surface area contributed by atoms with Crippen LogP contribution in [-0.2, 0) is 17.5 Å². The summed E-state index contributed by atoms with van der Waals surface area (Å²) < 4.78 is 38.8. The van der Waals surface area contributed by atoms with Crippen molar-refractivity contribution in [2.24, 2.45) is 5.92 Å². The Hall–Kier alpha value is -2.34. The van der Waals surface area contributed by atoms with Gasteiger partial charge in [-0.1, -0.05) is 35.9 Å². The molecule has 156 valence electrons. The van der Waals surface area contributed by atoms with Crippen molar-refractivity contribution in [2.45, 2.75) is 51.9 Å². The Balaban J connectivity index is 1.87. The summed E-state index contributed by atoms with van der Waals surface area (Å²) >= 11 is 0. The van der Waals surface area contributed by atoms with Gasteiger partial charge in [0, 0.05) is 19.0 Å². The fraction of sp³-hybridized carbons (Fsp3) is 0.435. The van der Waals surface area contributed by atoms with Crippen LogP contribution >= 0.6 is 0 Å². The molecule has 0 bridgehead atoms. The third kappa shape index (κ3) is 5.38. The molecule has 1 heterocycles. The van der Waals surface area contributed by atoms with E-state index in [1.165, 1.54) is 23.3 Å². The molecule has 0 amide bonds. The molecular formula is C23H26F3NO2. The number of hydrogen-bond donors (Lipinski definition) is 1. The highest BCUT2D eigenvalue weighted by atomic mass is 19.4. The van der Waals surface area contributed by atoms with Crippen molar-refractivity contribution < 1.29 is 23.1 Å². The summed E-state index contributed by atoms with van der Waals surface area (Å²) in [6.45, 7) is 5.50. The number of alkyl halides is 3. The molecule has 0 spiro atoms. The highest BCUT2D eigenvalue weighted by molar-refractivity contribution is 5.67. The van der Waals surface area contributed by atoms with Gasteiger partial charge in [0.15, 0.2) is 0 Å². The predicted molar refractivity (Wildman–Crippen MR) is 105 cm³/mol. The van der Waals surface area contributed by atoms with Crippen molar-refractivity contribution in [2.75, 3.05) is 6.54 Å². The average molecular weight is 405 g/mol. The van der Waals surface area contributed by atoms with E-state index in [2.05, 4.69) is 30.0 Å². The van der Waals surface area contributed by atoms with E-state index >= 15 is 0 Å². The van der Waals surface area contributed by atoms with Gasteiger partial charge in [-0.25, -0.2) is 0 Å². The van der Waals surface area contributed by atoms with Gasteiger partial charge in [-0.05, 0) is 68.0 Å². The average Bonchev–Trinajstić information content (AvgIpc) is 2.65. The van der Waals surface area contributed by atoms with Crippen molar-refractivity contribution in [1.29, 1.82) is 0 Å². The number of carboxylic acids is 1. The molecule has 0 unspecified atom stereocenters. The van der Waals surface area contributed by atoms with Crippen LogP contribution in [0.1, 0.15) is 53.1 Å². The van der Waals surface area contributed by atoms with E-state index < -0.39 is 17.7 Å². The van der Waals surface area contributed by atoms with Crippen molar-refractivity contribution in [3.8, 4) is 0 Å². The van der Waals surface area contributed by atoms with E-state index in [0.717, 1.165) is 36.2 Å². The van der Waals surface area contributed by atoms with Gasteiger partial charge in [-0.15, -0.1) is 0 Å². The minimum atomic E-state index is -4.37. The molecule has 0 aliphatic carbocycles. The van der Waals surface area contributed by atoms with Crippen LogP contribution in [0.2, 0.25) is 0 Å². The molecule has 2 aromatic rings. The number of hydrogen-bond acceptors (Lipinski definition) is 2. The fourth-order valence-electron chi connectivity index (χ4n) is 4.14.